The molecule has 0 radical (unpaired) electrons. The van der Waals surface area contributed by atoms with Crippen molar-refractivity contribution < 1.29 is 23.0 Å². The number of anilines is 1. The summed E-state index contributed by atoms with van der Waals surface area (Å²) in [4.78, 5) is 21.5. The predicted octanol–water partition coefficient (Wildman–Crippen LogP) is 2.76. The Labute approximate surface area is 173 Å². The minimum atomic E-state index is -4.89. The number of nitrogens with zero attached hydrogens (tertiary/aromatic N) is 2. The highest BCUT2D eigenvalue weighted by Gasteiger charge is 2.72. The van der Waals surface area contributed by atoms with E-state index in [1.54, 1.807) is 49.4 Å². The van der Waals surface area contributed by atoms with Gasteiger partial charge in [-0.2, -0.15) is 18.1 Å². The van der Waals surface area contributed by atoms with Crippen LogP contribution in [0.4, 0.5) is 19.0 Å². The second-order valence-corrected chi connectivity index (χ2v) is 7.84. The molecule has 2 aliphatic rings. The maximum absolute atomic E-state index is 14.5. The van der Waals surface area contributed by atoms with Crippen LogP contribution in [0, 0.1) is 6.92 Å². The van der Waals surface area contributed by atoms with Gasteiger partial charge in [0.15, 0.2) is 0 Å². The minimum Gasteiger partial charge on any atom is -0.312 e. The predicted molar refractivity (Wildman–Crippen MR) is 107 cm³/mol. The highest BCUT2D eigenvalue weighted by Crippen LogP contribution is 2.35. The van der Waals surface area contributed by atoms with Gasteiger partial charge in [-0.1, -0.05) is 30.7 Å². The van der Waals surface area contributed by atoms with Crippen LogP contribution in [-0.2, 0) is 4.79 Å². The average Bonchev–Trinajstić information content (AvgIpc) is 3.03. The van der Waals surface area contributed by atoms with Crippen molar-refractivity contribution in [1.29, 1.82) is 0 Å². The van der Waals surface area contributed by atoms with E-state index in [9.17, 15) is 18.0 Å². The molecule has 4 rings (SSSR count). The normalized spacial score (nSPS) is 22.9. The molecule has 0 unspecified atom stereocenters. The number of nitrogens with one attached hydrogen (secondary N) is 2. The first-order valence-corrected chi connectivity index (χ1v) is 10.1. The lowest BCUT2D eigenvalue weighted by molar-refractivity contribution is -0.566. The number of amides is 1. The number of pyridine rings is 1. The number of hydrogen-bond donors (Lipinski definition) is 2. The van der Waals surface area contributed by atoms with Crippen LogP contribution < -0.4 is 10.3 Å². The van der Waals surface area contributed by atoms with Crippen LogP contribution in [0.25, 0.3) is 0 Å². The zero-order valence-electron chi connectivity index (χ0n) is 16.7. The smallest absolute Gasteiger partial charge is 0.312 e. The largest absolute Gasteiger partial charge is 0.465 e. The van der Waals surface area contributed by atoms with Crippen molar-refractivity contribution in [3.8, 4) is 0 Å². The van der Waals surface area contributed by atoms with E-state index in [1.807, 2.05) is 0 Å². The average molecular weight is 417 g/mol. The van der Waals surface area contributed by atoms with E-state index in [0.717, 1.165) is 19.3 Å². The fourth-order valence-electron chi connectivity index (χ4n) is 4.22. The number of hydrogen-bond acceptors (Lipinski definition) is 3. The molecule has 158 valence electrons. The Hall–Kier alpha value is -2.90. The molecule has 1 fully saturated rings. The summed E-state index contributed by atoms with van der Waals surface area (Å²) in [5, 5.41) is 2.39. The lowest BCUT2D eigenvalue weighted by Gasteiger charge is -2.29. The lowest BCUT2D eigenvalue weighted by Crippen LogP contribution is -2.94. The topological polar surface area (TPSA) is 59.2 Å². The molecule has 0 saturated heterocycles. The molecule has 1 amide bonds. The standard InChI is InChI=1S/C22H23F3N4O/c1-15-9-8-14-18(26-15)27-21(22(23,24)25)20(30)29(17-12-6-3-7-13-17)19(28-21)16-10-4-2-5-11-16/h2,4-5,8-11,14,17H,3,6-7,12-13H2,1H3,(H,26,27)/p+1/t21-/m1/s1. The zero-order valence-corrected chi connectivity index (χ0v) is 16.7. The Kier molecular flexibility index (Phi) is 5.26. The fraction of sp³-hybridized carbons (Fsp3) is 0.409. The SMILES string of the molecule is Cc1cccc(N[C@@]2(C(F)(F)F)[NH+]=C(c3ccccc3)N(C3CCCCC3)C2=O)n1. The van der Waals surface area contributed by atoms with E-state index >= 15 is 0 Å². The molecule has 1 aromatic heterocycles. The second-order valence-electron chi connectivity index (χ2n) is 7.84. The molecule has 0 spiro atoms. The van der Waals surface area contributed by atoms with Gasteiger partial charge in [-0.3, -0.25) is 0 Å². The van der Waals surface area contributed by atoms with Crippen molar-refractivity contribution in [2.45, 2.75) is 56.9 Å². The summed E-state index contributed by atoms with van der Waals surface area (Å²) in [6.45, 7) is 1.69. The first kappa shape index (κ1) is 20.4. The number of halogens is 3. The van der Waals surface area contributed by atoms with Gasteiger partial charge in [0, 0.05) is 5.69 Å². The molecule has 30 heavy (non-hydrogen) atoms. The van der Waals surface area contributed by atoms with Crippen molar-refractivity contribution in [3.05, 3.63) is 59.8 Å². The molecule has 1 atom stereocenters. The van der Waals surface area contributed by atoms with E-state index in [4.69, 9.17) is 0 Å². The first-order chi connectivity index (χ1) is 14.3. The molecule has 2 N–H and O–H groups in total. The summed E-state index contributed by atoms with van der Waals surface area (Å²) in [5.74, 6) is -0.861. The molecule has 5 nitrogen and oxygen atoms in total. The maximum Gasteiger partial charge on any atom is 0.465 e. The van der Waals surface area contributed by atoms with Crippen molar-refractivity contribution in [1.82, 2.24) is 9.88 Å². The van der Waals surface area contributed by atoms with Crippen LogP contribution in [0.15, 0.2) is 48.5 Å². The molecular weight excluding hydrogens is 393 g/mol. The van der Waals surface area contributed by atoms with Crippen LogP contribution >= 0.6 is 0 Å². The first-order valence-electron chi connectivity index (χ1n) is 10.1. The van der Waals surface area contributed by atoms with Gasteiger partial charge in [0.25, 0.3) is 5.84 Å². The molecule has 1 aliphatic carbocycles. The number of carbonyl (C=O) groups is 1. The number of rotatable bonds is 4. The van der Waals surface area contributed by atoms with Crippen molar-refractivity contribution in [3.63, 3.8) is 0 Å². The Bertz CT molecular complexity index is 954. The number of benzene rings is 1. The van der Waals surface area contributed by atoms with Gasteiger partial charge in [-0.15, -0.1) is 0 Å². The Morgan fingerprint density at radius 2 is 1.77 bits per heavy atom. The molecule has 1 aromatic carbocycles. The van der Waals surface area contributed by atoms with Crippen molar-refractivity contribution in [2.75, 3.05) is 5.32 Å². The number of amidine groups is 1. The van der Waals surface area contributed by atoms with Crippen molar-refractivity contribution >= 4 is 17.6 Å². The molecule has 1 aliphatic heterocycles. The summed E-state index contributed by atoms with van der Waals surface area (Å²) in [7, 11) is 0. The zero-order chi connectivity index (χ0) is 21.4. The van der Waals surface area contributed by atoms with Gasteiger partial charge < -0.3 is 5.32 Å². The van der Waals surface area contributed by atoms with Gasteiger partial charge in [-0.05, 0) is 56.9 Å². The fourth-order valence-corrected chi connectivity index (χ4v) is 4.22. The number of carbonyl (C=O) groups excluding carboxylic acids is 1. The van der Waals surface area contributed by atoms with Gasteiger partial charge in [0.05, 0.1) is 5.56 Å². The summed E-state index contributed by atoms with van der Waals surface area (Å²) in [6.07, 6.45) is -0.715. The van der Waals surface area contributed by atoms with Crippen LogP contribution in [0.1, 0.15) is 43.4 Å². The van der Waals surface area contributed by atoms with E-state index in [1.165, 1.54) is 11.0 Å². The monoisotopic (exact) mass is 417 g/mol. The highest BCUT2D eigenvalue weighted by molar-refractivity contribution is 6.11. The third kappa shape index (κ3) is 3.55. The maximum atomic E-state index is 14.5. The van der Waals surface area contributed by atoms with Gasteiger partial charge in [-0.25, -0.2) is 14.8 Å². The minimum absolute atomic E-state index is 0.00826. The quantitative estimate of drug-likeness (QED) is 0.805. The van der Waals surface area contributed by atoms with Gasteiger partial charge in [0.2, 0.25) is 0 Å². The van der Waals surface area contributed by atoms with Crippen LogP contribution in [0.2, 0.25) is 0 Å². The molecule has 0 bridgehead atoms. The van der Waals surface area contributed by atoms with Gasteiger partial charge in [0.1, 0.15) is 11.9 Å². The van der Waals surface area contributed by atoms with Crippen molar-refractivity contribution in [2.24, 2.45) is 0 Å². The van der Waals surface area contributed by atoms with Gasteiger partial charge >= 0.3 is 17.7 Å². The summed E-state index contributed by atoms with van der Waals surface area (Å²) in [6, 6.07) is 13.2. The second kappa shape index (κ2) is 7.74. The third-order valence-electron chi connectivity index (χ3n) is 5.70. The summed E-state index contributed by atoms with van der Waals surface area (Å²) in [5.41, 5.74) is -1.88. The number of aromatic nitrogens is 1. The van der Waals surface area contributed by atoms with Crippen LogP contribution in [0.5, 0.6) is 0 Å². The molecular formula is C22H24F3N4O+. The van der Waals surface area contributed by atoms with E-state index in [-0.39, 0.29) is 17.7 Å². The molecule has 8 heteroatoms. The summed E-state index contributed by atoms with van der Waals surface area (Å²) >= 11 is 0. The van der Waals surface area contributed by atoms with E-state index < -0.39 is 17.7 Å². The molecule has 2 heterocycles. The Morgan fingerprint density at radius 3 is 2.40 bits per heavy atom. The van der Waals surface area contributed by atoms with Crippen LogP contribution in [-0.4, -0.2) is 39.5 Å². The molecule has 2 aromatic rings. The summed E-state index contributed by atoms with van der Waals surface area (Å²) < 4.78 is 43.4. The third-order valence-corrected chi connectivity index (χ3v) is 5.70. The number of aryl methyl sites for hydroxylation is 1. The molecule has 1 saturated carbocycles. The number of alkyl halides is 3. The Balaban J connectivity index is 1.84. The van der Waals surface area contributed by atoms with Crippen LogP contribution in [0.3, 0.4) is 0 Å². The highest BCUT2D eigenvalue weighted by atomic mass is 19.4. The lowest BCUT2D eigenvalue weighted by atomic mass is 9.93. The van der Waals surface area contributed by atoms with E-state index in [2.05, 4.69) is 15.3 Å². The Morgan fingerprint density at radius 1 is 1.07 bits per heavy atom. The van der Waals surface area contributed by atoms with E-state index in [0.29, 0.717) is 24.1 Å².